The molecule has 5 rings (SSSR count). The van der Waals surface area contributed by atoms with Gasteiger partial charge in [0.15, 0.2) is 0 Å². The lowest BCUT2D eigenvalue weighted by molar-refractivity contribution is 0.280. The summed E-state index contributed by atoms with van der Waals surface area (Å²) in [5, 5.41) is 10.2. The number of halogens is 2. The van der Waals surface area contributed by atoms with Crippen molar-refractivity contribution < 1.29 is 9.05 Å². The molecule has 0 radical (unpaired) electrons. The van der Waals surface area contributed by atoms with Crippen LogP contribution in [0.3, 0.4) is 0 Å². The molecule has 0 fully saturated rings. The summed E-state index contributed by atoms with van der Waals surface area (Å²) in [6.07, 6.45) is 0. The summed E-state index contributed by atoms with van der Waals surface area (Å²) < 4.78 is 11.1. The predicted molar refractivity (Wildman–Crippen MR) is 162 cm³/mol. The van der Waals surface area contributed by atoms with Crippen LogP contribution in [0, 0.1) is 0 Å². The molecule has 0 atom stereocenters. The van der Waals surface area contributed by atoms with Gasteiger partial charge in [-0.25, -0.2) is 0 Å². The Bertz CT molecular complexity index is 1340. The molecule has 8 heteroatoms. The van der Waals surface area contributed by atoms with E-state index >= 15 is 0 Å². The van der Waals surface area contributed by atoms with Gasteiger partial charge in [0.05, 0.1) is 23.3 Å². The number of thioether (sulfide) groups is 1. The van der Waals surface area contributed by atoms with Crippen LogP contribution >= 0.6 is 52.0 Å². The summed E-state index contributed by atoms with van der Waals surface area (Å²) in [5.74, 6) is 0. The highest BCUT2D eigenvalue weighted by Crippen LogP contribution is 2.62. The molecule has 5 aromatic carbocycles. The van der Waals surface area contributed by atoms with E-state index in [0.717, 1.165) is 9.98 Å². The van der Waals surface area contributed by atoms with Crippen LogP contribution in [-0.2, 0) is 20.9 Å². The Balaban J connectivity index is 0.000000166. The molecule has 182 valence electrons. The number of hydrogen-bond acceptors (Lipinski definition) is 5. The molecule has 0 bridgehead atoms. The normalized spacial score (nSPS) is 11.8. The van der Waals surface area contributed by atoms with E-state index in [1.165, 1.54) is 43.7 Å². The zero-order valence-electron chi connectivity index (χ0n) is 19.4. The first-order valence-corrected chi connectivity index (χ1v) is 17.1. The quantitative estimate of drug-likeness (QED) is 0.0786. The van der Waals surface area contributed by atoms with E-state index in [9.17, 15) is 0 Å². The third kappa shape index (κ3) is 6.66. The van der Waals surface area contributed by atoms with E-state index in [2.05, 4.69) is 60.7 Å². The summed E-state index contributed by atoms with van der Waals surface area (Å²) in [5.41, 5.74) is -2.23. The summed E-state index contributed by atoms with van der Waals surface area (Å²) in [6.45, 7) is 4.96. The Labute approximate surface area is 229 Å². The van der Waals surface area contributed by atoms with Gasteiger partial charge in [-0.05, 0) is 76.2 Å². The number of benzene rings is 5. The zero-order chi connectivity index (χ0) is 24.8. The lowest BCUT2D eigenvalue weighted by atomic mass is 9.95. The van der Waals surface area contributed by atoms with Crippen LogP contribution in [0.25, 0.3) is 32.3 Å². The molecule has 0 saturated carbocycles. The molecule has 0 aliphatic carbocycles. The van der Waals surface area contributed by atoms with Gasteiger partial charge in [0.25, 0.3) is 0 Å². The molecule has 5 aromatic rings. The van der Waals surface area contributed by atoms with E-state index in [4.69, 9.17) is 44.1 Å². The lowest BCUT2D eigenvalue weighted by Crippen LogP contribution is -1.92. The van der Waals surface area contributed by atoms with E-state index in [1.807, 2.05) is 19.9 Å². The van der Waals surface area contributed by atoms with Gasteiger partial charge in [0.1, 0.15) is 0 Å². The number of rotatable bonds is 8. The fraction of sp³-hybridized carbons (Fsp3) is 0.185. The average Bonchev–Trinajstić information content (AvgIpc) is 2.85. The highest BCUT2D eigenvalue weighted by atomic mass is 35.5. The van der Waals surface area contributed by atoms with Crippen molar-refractivity contribution in [2.75, 3.05) is 18.3 Å². The molecule has 0 saturated heterocycles. The SMILES string of the molecule is CCOP(=S)(OCC)SCSc1cc(Cl)ccc1Cl.c1cc2ccc3cccc4ccc(c1)c2c34. The van der Waals surface area contributed by atoms with Gasteiger partial charge in [-0.3, -0.25) is 0 Å². The van der Waals surface area contributed by atoms with Gasteiger partial charge in [-0.1, -0.05) is 95.2 Å². The molecule has 0 amide bonds. The van der Waals surface area contributed by atoms with Crippen molar-refractivity contribution in [3.05, 3.63) is 88.9 Å². The third-order valence-corrected chi connectivity index (χ3v) is 13.1. The first-order valence-electron chi connectivity index (χ1n) is 11.2. The Morgan fingerprint density at radius 1 is 0.743 bits per heavy atom. The molecular weight excluding hydrogens is 554 g/mol. The second-order valence-electron chi connectivity index (χ2n) is 7.54. The van der Waals surface area contributed by atoms with Crippen molar-refractivity contribution in [3.8, 4) is 0 Å². The minimum Gasteiger partial charge on any atom is -0.322 e. The maximum Gasteiger partial charge on any atom is 0.248 e. The van der Waals surface area contributed by atoms with Crippen LogP contribution in [0.15, 0.2) is 83.8 Å². The number of hydrogen-bond donors (Lipinski definition) is 0. The van der Waals surface area contributed by atoms with Gasteiger partial charge in [-0.15, -0.1) is 11.8 Å². The van der Waals surface area contributed by atoms with Crippen molar-refractivity contribution in [3.63, 3.8) is 0 Å². The summed E-state index contributed by atoms with van der Waals surface area (Å²) in [7, 11) is 0. The van der Waals surface area contributed by atoms with Crippen molar-refractivity contribution >= 4 is 96.2 Å². The highest BCUT2D eigenvalue weighted by molar-refractivity contribution is 8.69. The standard InChI is InChI=1S/C16H10.C11H15Cl2O2PS3/c1-3-11-7-9-13-5-2-6-14-10-8-12(4-1)15(11)16(13)14;1-3-14-16(17,15-4-2)19-8-18-11-7-9(12)5-6-10(11)13/h1-10H;5-7H,3-4,8H2,1-2H3. The molecular formula is C27H25Cl2O2PS3. The van der Waals surface area contributed by atoms with Crippen LogP contribution in [0.2, 0.25) is 10.0 Å². The van der Waals surface area contributed by atoms with Gasteiger partial charge >= 0.3 is 0 Å². The first-order chi connectivity index (χ1) is 16.9. The third-order valence-electron chi connectivity index (χ3n) is 5.29. The topological polar surface area (TPSA) is 18.5 Å². The fourth-order valence-electron chi connectivity index (χ4n) is 3.84. The highest BCUT2D eigenvalue weighted by Gasteiger charge is 2.19. The monoisotopic (exact) mass is 578 g/mol. The van der Waals surface area contributed by atoms with Crippen LogP contribution in [0.5, 0.6) is 0 Å². The zero-order valence-corrected chi connectivity index (χ0v) is 24.2. The van der Waals surface area contributed by atoms with Crippen molar-refractivity contribution in [1.82, 2.24) is 0 Å². The summed E-state index contributed by atoms with van der Waals surface area (Å²) >= 11 is 20.6. The molecule has 0 aliphatic rings. The fourth-order valence-corrected chi connectivity index (χ4v) is 11.4. The largest absolute Gasteiger partial charge is 0.322 e. The average molecular weight is 580 g/mol. The van der Waals surface area contributed by atoms with Crippen LogP contribution in [0.4, 0.5) is 0 Å². The molecule has 0 heterocycles. The second kappa shape index (κ2) is 12.5. The molecule has 0 aliphatic heterocycles. The van der Waals surface area contributed by atoms with Crippen molar-refractivity contribution in [1.29, 1.82) is 0 Å². The maximum atomic E-state index is 6.10. The smallest absolute Gasteiger partial charge is 0.248 e. The lowest BCUT2D eigenvalue weighted by Gasteiger charge is -2.19. The first kappa shape index (κ1) is 27.0. The van der Waals surface area contributed by atoms with E-state index in [1.54, 1.807) is 23.9 Å². The van der Waals surface area contributed by atoms with Gasteiger partial charge < -0.3 is 9.05 Å². The molecule has 35 heavy (non-hydrogen) atoms. The Morgan fingerprint density at radius 2 is 1.23 bits per heavy atom. The molecule has 0 unspecified atom stereocenters. The molecule has 0 aromatic heterocycles. The van der Waals surface area contributed by atoms with Gasteiger partial charge in [-0.2, -0.15) is 0 Å². The minimum absolute atomic E-state index is 0.562. The van der Waals surface area contributed by atoms with Crippen molar-refractivity contribution in [2.45, 2.75) is 18.7 Å². The second-order valence-corrected chi connectivity index (χ2v) is 16.1. The van der Waals surface area contributed by atoms with E-state index in [0.29, 0.717) is 23.3 Å². The molecule has 2 nitrogen and oxygen atoms in total. The Kier molecular flexibility index (Phi) is 9.65. The molecule has 0 N–H and O–H groups in total. The van der Waals surface area contributed by atoms with E-state index in [-0.39, 0.29) is 0 Å². The minimum atomic E-state index is -2.23. The van der Waals surface area contributed by atoms with Gasteiger partial charge in [0, 0.05) is 9.92 Å². The predicted octanol–water partition coefficient (Wildman–Crippen LogP) is 10.7. The molecule has 0 spiro atoms. The summed E-state index contributed by atoms with van der Waals surface area (Å²) in [6, 6.07) is 27.3. The van der Waals surface area contributed by atoms with E-state index < -0.39 is 5.69 Å². The van der Waals surface area contributed by atoms with Gasteiger partial charge in [0.2, 0.25) is 5.69 Å². The van der Waals surface area contributed by atoms with Crippen LogP contribution in [0.1, 0.15) is 13.8 Å². The summed E-state index contributed by atoms with van der Waals surface area (Å²) in [4.78, 5) is 0.941. The maximum absolute atomic E-state index is 6.10. The van der Waals surface area contributed by atoms with Crippen molar-refractivity contribution in [2.24, 2.45) is 0 Å². The Morgan fingerprint density at radius 3 is 1.69 bits per heavy atom. The Hall–Kier alpha value is -1.01. The van der Waals surface area contributed by atoms with Crippen LogP contribution in [-0.4, -0.2) is 18.3 Å². The van der Waals surface area contributed by atoms with Crippen LogP contribution < -0.4 is 0 Å².